The number of likely N-dealkylation sites (tertiary alicyclic amines) is 1. The molecule has 3 fully saturated rings. The van der Waals surface area contributed by atoms with Crippen LogP contribution in [0.4, 0.5) is 0 Å². The molecule has 1 aliphatic heterocycles. The number of nitrogens with zero attached hydrogens (tertiary/aromatic N) is 1. The minimum Gasteiger partial charge on any atom is -0.456 e. The van der Waals surface area contributed by atoms with E-state index >= 15 is 0 Å². The van der Waals surface area contributed by atoms with Crippen LogP contribution in [-0.4, -0.2) is 41.1 Å². The molecule has 2 saturated carbocycles. The van der Waals surface area contributed by atoms with Gasteiger partial charge in [0, 0.05) is 10.6 Å². The topological polar surface area (TPSA) is 80.8 Å². The van der Waals surface area contributed by atoms with Crippen LogP contribution in [0.15, 0.2) is 30.4 Å². The molecule has 2 bridgehead atoms. The fourth-order valence-corrected chi connectivity index (χ4v) is 6.03. The van der Waals surface area contributed by atoms with Gasteiger partial charge >= 0.3 is 5.97 Å². The molecule has 156 valence electrons. The SMILES string of the molecule is C[C@H](C(=O)OCC(=O)c1ccc(Cl)cc1Cl)N1C(=O)[C@@H]2[C@H]3C=C[C@@H]([C@@H]4C[C@@H]34)[C@H]2C1=O. The normalized spacial score (nSPS) is 33.9. The number of amides is 2. The van der Waals surface area contributed by atoms with Gasteiger partial charge in [-0.05, 0) is 55.2 Å². The van der Waals surface area contributed by atoms with Crippen LogP contribution in [0, 0.1) is 35.5 Å². The van der Waals surface area contributed by atoms with Crippen LogP contribution < -0.4 is 0 Å². The zero-order chi connectivity index (χ0) is 21.3. The van der Waals surface area contributed by atoms with Crippen LogP contribution in [0.2, 0.25) is 10.0 Å². The van der Waals surface area contributed by atoms with Gasteiger partial charge in [0.1, 0.15) is 6.04 Å². The average molecular weight is 448 g/mol. The number of carbonyl (C=O) groups excluding carboxylic acids is 4. The van der Waals surface area contributed by atoms with Gasteiger partial charge < -0.3 is 4.74 Å². The van der Waals surface area contributed by atoms with E-state index in [0.29, 0.717) is 16.9 Å². The second-order valence-corrected chi connectivity index (χ2v) is 9.38. The van der Waals surface area contributed by atoms with Crippen molar-refractivity contribution < 1.29 is 23.9 Å². The number of allylic oxidation sites excluding steroid dienone is 2. The second kappa shape index (κ2) is 6.92. The van der Waals surface area contributed by atoms with E-state index in [1.165, 1.54) is 25.1 Å². The number of ether oxygens (including phenoxy) is 1. The molecule has 1 aromatic carbocycles. The Morgan fingerprint density at radius 3 is 2.27 bits per heavy atom. The summed E-state index contributed by atoms with van der Waals surface area (Å²) in [6, 6.07) is 3.31. The average Bonchev–Trinajstić information content (AvgIpc) is 3.49. The van der Waals surface area contributed by atoms with Gasteiger partial charge in [-0.25, -0.2) is 4.79 Å². The summed E-state index contributed by atoms with van der Waals surface area (Å²) < 4.78 is 5.13. The van der Waals surface area contributed by atoms with Crippen LogP contribution in [-0.2, 0) is 19.1 Å². The zero-order valence-corrected chi connectivity index (χ0v) is 17.6. The maximum absolute atomic E-state index is 13.1. The molecule has 0 radical (unpaired) electrons. The van der Waals surface area contributed by atoms with Gasteiger partial charge in [-0.1, -0.05) is 35.4 Å². The number of carbonyl (C=O) groups is 4. The first kappa shape index (κ1) is 19.8. The third-order valence-electron chi connectivity index (χ3n) is 7.00. The third kappa shape index (κ3) is 2.84. The lowest BCUT2D eigenvalue weighted by Gasteiger charge is -2.37. The molecular formula is C22H19Cl2NO5. The lowest BCUT2D eigenvalue weighted by molar-refractivity contribution is -0.157. The summed E-state index contributed by atoms with van der Waals surface area (Å²) in [5, 5.41) is 0.544. The molecular weight excluding hydrogens is 429 g/mol. The number of esters is 1. The molecule has 0 spiro atoms. The Hall–Kier alpha value is -2.18. The van der Waals surface area contributed by atoms with Crippen molar-refractivity contribution in [2.24, 2.45) is 35.5 Å². The van der Waals surface area contributed by atoms with Gasteiger partial charge in [0.25, 0.3) is 0 Å². The Bertz CT molecular complexity index is 985. The molecule has 1 heterocycles. The largest absolute Gasteiger partial charge is 0.456 e. The summed E-state index contributed by atoms with van der Waals surface area (Å²) in [5.74, 6) is -1.48. The molecule has 6 nitrogen and oxygen atoms in total. The number of halogens is 2. The first-order chi connectivity index (χ1) is 14.3. The van der Waals surface area contributed by atoms with Crippen molar-refractivity contribution in [3.63, 3.8) is 0 Å². The molecule has 2 amide bonds. The highest BCUT2D eigenvalue weighted by Crippen LogP contribution is 2.65. The Balaban J connectivity index is 1.27. The highest BCUT2D eigenvalue weighted by molar-refractivity contribution is 6.36. The Morgan fingerprint density at radius 2 is 1.70 bits per heavy atom. The molecule has 1 aromatic rings. The lowest BCUT2D eigenvalue weighted by atomic mass is 9.63. The molecule has 30 heavy (non-hydrogen) atoms. The second-order valence-electron chi connectivity index (χ2n) is 8.53. The summed E-state index contributed by atoms with van der Waals surface area (Å²) in [6.45, 7) is 0.926. The van der Waals surface area contributed by atoms with Crippen molar-refractivity contribution in [2.45, 2.75) is 19.4 Å². The summed E-state index contributed by atoms with van der Waals surface area (Å²) in [5.41, 5.74) is 0.183. The van der Waals surface area contributed by atoms with E-state index in [1.807, 2.05) is 0 Å². The minimum absolute atomic E-state index is 0.0864. The van der Waals surface area contributed by atoms with E-state index < -0.39 is 24.4 Å². The molecule has 5 aliphatic rings. The number of rotatable bonds is 5. The van der Waals surface area contributed by atoms with Gasteiger partial charge in [0.2, 0.25) is 17.6 Å². The Labute approximate surface area is 183 Å². The molecule has 0 N–H and O–H groups in total. The fraction of sp³-hybridized carbons (Fsp3) is 0.455. The van der Waals surface area contributed by atoms with Crippen molar-refractivity contribution in [3.05, 3.63) is 46.0 Å². The van der Waals surface area contributed by atoms with E-state index in [2.05, 4.69) is 12.2 Å². The van der Waals surface area contributed by atoms with Crippen LogP contribution in [0.1, 0.15) is 23.7 Å². The Morgan fingerprint density at radius 1 is 1.10 bits per heavy atom. The molecule has 8 heteroatoms. The molecule has 0 unspecified atom stereocenters. The number of imide groups is 1. The van der Waals surface area contributed by atoms with Gasteiger partial charge in [-0.15, -0.1) is 0 Å². The quantitative estimate of drug-likeness (QED) is 0.299. The number of ketones is 1. The van der Waals surface area contributed by atoms with Crippen LogP contribution in [0.3, 0.4) is 0 Å². The van der Waals surface area contributed by atoms with Gasteiger partial charge in [-0.2, -0.15) is 0 Å². The molecule has 7 atom stereocenters. The van der Waals surface area contributed by atoms with E-state index in [1.54, 1.807) is 0 Å². The predicted octanol–water partition coefficient (Wildman–Crippen LogP) is 3.16. The van der Waals surface area contributed by atoms with Gasteiger partial charge in [0.15, 0.2) is 6.61 Å². The number of benzene rings is 1. The molecule has 0 aromatic heterocycles. The van der Waals surface area contributed by atoms with Crippen molar-refractivity contribution in [3.8, 4) is 0 Å². The third-order valence-corrected chi connectivity index (χ3v) is 7.55. The number of Topliss-reactive ketones (excluding diaryl/α,β-unsaturated/α-hetero) is 1. The minimum atomic E-state index is -1.08. The number of hydrogen-bond donors (Lipinski definition) is 0. The monoisotopic (exact) mass is 447 g/mol. The van der Waals surface area contributed by atoms with E-state index in [0.717, 1.165) is 11.3 Å². The van der Waals surface area contributed by atoms with E-state index in [9.17, 15) is 19.2 Å². The van der Waals surface area contributed by atoms with E-state index in [4.69, 9.17) is 27.9 Å². The van der Waals surface area contributed by atoms with Gasteiger partial charge in [-0.3, -0.25) is 19.3 Å². The van der Waals surface area contributed by atoms with E-state index in [-0.39, 0.29) is 46.1 Å². The van der Waals surface area contributed by atoms with Gasteiger partial charge in [0.05, 0.1) is 16.9 Å². The van der Waals surface area contributed by atoms with Crippen LogP contribution in [0.5, 0.6) is 0 Å². The highest BCUT2D eigenvalue weighted by atomic mass is 35.5. The standard InChI is InChI=1S/C22H19Cl2NO5/c1-9(22(29)30-8-17(26)13-3-2-10(23)6-16(13)24)25-20(27)18-11-4-5-12(15-7-14(11)15)19(18)21(25)28/h2-6,9,11-12,14-15,18-19H,7-8H2,1H3/t9-,11+,12+,14+,15+,18-,19-/m1/s1. The summed E-state index contributed by atoms with van der Waals surface area (Å²) in [4.78, 5) is 52.1. The first-order valence-electron chi connectivity index (χ1n) is 9.99. The maximum Gasteiger partial charge on any atom is 0.329 e. The fourth-order valence-electron chi connectivity index (χ4n) is 5.52. The van der Waals surface area contributed by atoms with Crippen molar-refractivity contribution >= 4 is 46.8 Å². The van der Waals surface area contributed by atoms with Crippen molar-refractivity contribution in [1.82, 2.24) is 4.90 Å². The highest BCUT2D eigenvalue weighted by Gasteiger charge is 2.67. The molecule has 1 saturated heterocycles. The lowest BCUT2D eigenvalue weighted by Crippen LogP contribution is -2.45. The number of hydrogen-bond acceptors (Lipinski definition) is 5. The maximum atomic E-state index is 13.1. The first-order valence-corrected chi connectivity index (χ1v) is 10.8. The summed E-state index contributed by atoms with van der Waals surface area (Å²) in [6.07, 6.45) is 5.22. The van der Waals surface area contributed by atoms with Crippen LogP contribution >= 0.6 is 23.2 Å². The smallest absolute Gasteiger partial charge is 0.329 e. The zero-order valence-electron chi connectivity index (χ0n) is 16.1. The predicted molar refractivity (Wildman–Crippen MR) is 108 cm³/mol. The summed E-state index contributed by atoms with van der Waals surface area (Å²) in [7, 11) is 0. The molecule has 4 aliphatic carbocycles. The van der Waals surface area contributed by atoms with Crippen molar-refractivity contribution in [2.75, 3.05) is 6.61 Å². The van der Waals surface area contributed by atoms with Crippen molar-refractivity contribution in [1.29, 1.82) is 0 Å². The molecule has 6 rings (SSSR count). The van der Waals surface area contributed by atoms with Crippen LogP contribution in [0.25, 0.3) is 0 Å². The summed E-state index contributed by atoms with van der Waals surface area (Å²) >= 11 is 11.8. The Kier molecular flexibility index (Phi) is 4.56.